The van der Waals surface area contributed by atoms with Gasteiger partial charge in [0.15, 0.2) is 0 Å². The molecule has 3 rings (SSSR count). The minimum atomic E-state index is 0.0181. The van der Waals surface area contributed by atoms with E-state index >= 15 is 0 Å². The molecule has 0 aliphatic heterocycles. The number of aliphatic hydroxyl groups is 1. The lowest BCUT2D eigenvalue weighted by atomic mass is 9.98. The molecule has 0 amide bonds. The van der Waals surface area contributed by atoms with Crippen molar-refractivity contribution in [2.45, 2.75) is 39.5 Å². The van der Waals surface area contributed by atoms with E-state index in [-0.39, 0.29) is 6.61 Å². The Morgan fingerprint density at radius 1 is 0.821 bits per heavy atom. The average molecular weight is 375 g/mol. The molecule has 0 saturated heterocycles. The Morgan fingerprint density at radius 3 is 1.79 bits per heavy atom. The van der Waals surface area contributed by atoms with Crippen LogP contribution in [0.2, 0.25) is 0 Å². The summed E-state index contributed by atoms with van der Waals surface area (Å²) in [5.41, 5.74) is 4.41. The molecule has 2 aromatic carbocycles. The van der Waals surface area contributed by atoms with Crippen LogP contribution in [0.5, 0.6) is 5.75 Å². The molecule has 146 valence electrons. The molecular weight excluding hydrogens is 344 g/mol. The van der Waals surface area contributed by atoms with Gasteiger partial charge in [0, 0.05) is 11.1 Å². The summed E-state index contributed by atoms with van der Waals surface area (Å²) in [5.74, 6) is 7.04. The van der Waals surface area contributed by atoms with Crippen LogP contribution in [0.15, 0.2) is 66.8 Å². The maximum Gasteiger partial charge on any atom is 0.119 e. The van der Waals surface area contributed by atoms with Crippen molar-refractivity contribution in [1.82, 2.24) is 0 Å². The van der Waals surface area contributed by atoms with E-state index in [2.05, 4.69) is 50.0 Å². The third kappa shape index (κ3) is 7.47. The normalized spacial score (nSPS) is 11.3. The summed E-state index contributed by atoms with van der Waals surface area (Å²) in [7, 11) is 0. The van der Waals surface area contributed by atoms with Crippen LogP contribution in [0, 0.1) is 11.8 Å². The van der Waals surface area contributed by atoms with Crippen LogP contribution in [-0.2, 0) is 0 Å². The molecule has 0 heterocycles. The van der Waals surface area contributed by atoms with E-state index in [4.69, 9.17) is 9.84 Å². The number of aliphatic hydroxyl groups excluding tert-OH is 1. The standard InChI is InChI=1S/C20H16O2.C6H14/c21-14-15-22-20-12-8-17(9-13-20)5-4-16-6-10-19(11-7-16)18-2-1-3-18;1-3-5-6-4-2/h1-3,6-13,21H,14-15H2;3-6H2,1-2H3. The van der Waals surface area contributed by atoms with Gasteiger partial charge < -0.3 is 9.84 Å². The maximum atomic E-state index is 8.71. The van der Waals surface area contributed by atoms with E-state index in [1.54, 1.807) is 0 Å². The van der Waals surface area contributed by atoms with Crippen molar-refractivity contribution >= 4 is 5.57 Å². The Hall–Kier alpha value is -2.76. The number of ether oxygens (including phenoxy) is 1. The molecule has 1 aliphatic rings. The summed E-state index contributed by atoms with van der Waals surface area (Å²) in [6, 6.07) is 15.8. The third-order valence-electron chi connectivity index (χ3n) is 4.29. The lowest BCUT2D eigenvalue weighted by Crippen LogP contribution is -2.01. The fourth-order valence-corrected chi connectivity index (χ4v) is 2.57. The molecule has 0 aromatic heterocycles. The summed E-state index contributed by atoms with van der Waals surface area (Å²) in [6.45, 7) is 4.79. The molecule has 0 fully saturated rings. The second-order valence-electron chi connectivity index (χ2n) is 6.61. The molecule has 0 spiro atoms. The molecule has 1 N–H and O–H groups in total. The zero-order chi connectivity index (χ0) is 20.0. The topological polar surface area (TPSA) is 29.5 Å². The van der Waals surface area contributed by atoms with Crippen LogP contribution >= 0.6 is 0 Å². The van der Waals surface area contributed by atoms with Gasteiger partial charge in [0.1, 0.15) is 12.4 Å². The second kappa shape index (κ2) is 12.6. The van der Waals surface area contributed by atoms with E-state index in [9.17, 15) is 0 Å². The second-order valence-corrected chi connectivity index (χ2v) is 6.61. The number of rotatable bonds is 7. The Morgan fingerprint density at radius 2 is 1.36 bits per heavy atom. The minimum Gasteiger partial charge on any atom is -0.491 e. The van der Waals surface area contributed by atoms with Crippen molar-refractivity contribution in [3.05, 3.63) is 83.4 Å². The number of hydrogen-bond donors (Lipinski definition) is 1. The SMILES string of the molecule is CCCCCC.OCCOc1ccc(C#Cc2ccc(C3=CC=C3)cc2)cc1. The maximum absolute atomic E-state index is 8.71. The Kier molecular flexibility index (Phi) is 9.69. The van der Waals surface area contributed by atoms with Crippen molar-refractivity contribution in [2.75, 3.05) is 13.2 Å². The summed E-state index contributed by atoms with van der Waals surface area (Å²) < 4.78 is 5.32. The predicted octanol–water partition coefficient (Wildman–Crippen LogP) is 6.00. The van der Waals surface area contributed by atoms with Gasteiger partial charge in [-0.1, -0.05) is 81.7 Å². The van der Waals surface area contributed by atoms with E-state index in [1.807, 2.05) is 42.5 Å². The van der Waals surface area contributed by atoms with Crippen molar-refractivity contribution in [3.8, 4) is 17.6 Å². The lowest BCUT2D eigenvalue weighted by Gasteiger charge is -2.06. The van der Waals surface area contributed by atoms with Gasteiger partial charge in [0.05, 0.1) is 6.61 Å². The highest BCUT2D eigenvalue weighted by Crippen LogP contribution is 2.21. The fourth-order valence-electron chi connectivity index (χ4n) is 2.57. The van der Waals surface area contributed by atoms with Crippen LogP contribution < -0.4 is 4.74 Å². The molecule has 0 bridgehead atoms. The van der Waals surface area contributed by atoms with Crippen LogP contribution in [0.1, 0.15) is 56.2 Å². The molecule has 2 nitrogen and oxygen atoms in total. The zero-order valence-corrected chi connectivity index (χ0v) is 16.9. The molecule has 1 aliphatic carbocycles. The van der Waals surface area contributed by atoms with Crippen LogP contribution in [-0.4, -0.2) is 18.3 Å². The van der Waals surface area contributed by atoms with E-state index in [0.29, 0.717) is 6.61 Å². The number of benzene rings is 2. The molecule has 0 radical (unpaired) electrons. The van der Waals surface area contributed by atoms with Crippen LogP contribution in [0.4, 0.5) is 0 Å². The number of hydrogen-bond acceptors (Lipinski definition) is 2. The predicted molar refractivity (Wildman–Crippen MR) is 118 cm³/mol. The lowest BCUT2D eigenvalue weighted by molar-refractivity contribution is 0.201. The smallest absolute Gasteiger partial charge is 0.119 e. The van der Waals surface area contributed by atoms with Crippen molar-refractivity contribution in [1.29, 1.82) is 0 Å². The third-order valence-corrected chi connectivity index (χ3v) is 4.29. The molecule has 28 heavy (non-hydrogen) atoms. The highest BCUT2D eigenvalue weighted by Gasteiger charge is 2.01. The Bertz CT molecular complexity index is 811. The first kappa shape index (κ1) is 21.5. The molecule has 0 atom stereocenters. The Balaban J connectivity index is 0.000000409. The largest absolute Gasteiger partial charge is 0.491 e. The Labute approximate surface area is 169 Å². The first-order valence-electron chi connectivity index (χ1n) is 10.1. The first-order valence-corrected chi connectivity index (χ1v) is 10.1. The minimum absolute atomic E-state index is 0.0181. The van der Waals surface area contributed by atoms with Gasteiger partial charge in [0.2, 0.25) is 0 Å². The summed E-state index contributed by atoms with van der Waals surface area (Å²) in [5, 5.41) is 8.71. The van der Waals surface area contributed by atoms with E-state index < -0.39 is 0 Å². The molecule has 0 unspecified atom stereocenters. The summed E-state index contributed by atoms with van der Waals surface area (Å²) in [6.07, 6.45) is 11.8. The quantitative estimate of drug-likeness (QED) is 0.476. The number of allylic oxidation sites excluding steroid dienone is 4. The van der Waals surface area contributed by atoms with E-state index in [1.165, 1.54) is 36.8 Å². The van der Waals surface area contributed by atoms with Gasteiger partial charge in [-0.15, -0.1) is 0 Å². The van der Waals surface area contributed by atoms with Gasteiger partial charge in [-0.25, -0.2) is 0 Å². The van der Waals surface area contributed by atoms with Crippen molar-refractivity contribution in [2.24, 2.45) is 0 Å². The van der Waals surface area contributed by atoms with Crippen molar-refractivity contribution in [3.63, 3.8) is 0 Å². The van der Waals surface area contributed by atoms with Crippen molar-refractivity contribution < 1.29 is 9.84 Å². The first-order chi connectivity index (χ1) is 13.8. The van der Waals surface area contributed by atoms with Gasteiger partial charge in [-0.05, 0) is 47.5 Å². The van der Waals surface area contributed by atoms with E-state index in [0.717, 1.165) is 16.9 Å². The highest BCUT2D eigenvalue weighted by molar-refractivity contribution is 5.81. The molecule has 2 heteroatoms. The molecular formula is C26H30O2. The van der Waals surface area contributed by atoms with Gasteiger partial charge in [-0.3, -0.25) is 0 Å². The number of unbranched alkanes of at least 4 members (excludes halogenated alkanes) is 3. The van der Waals surface area contributed by atoms with Crippen LogP contribution in [0.3, 0.4) is 0 Å². The van der Waals surface area contributed by atoms with Crippen LogP contribution in [0.25, 0.3) is 5.57 Å². The average Bonchev–Trinajstić information content (AvgIpc) is 2.70. The monoisotopic (exact) mass is 374 g/mol. The fraction of sp³-hybridized carbons (Fsp3) is 0.308. The van der Waals surface area contributed by atoms with Gasteiger partial charge >= 0.3 is 0 Å². The summed E-state index contributed by atoms with van der Waals surface area (Å²) in [4.78, 5) is 0. The highest BCUT2D eigenvalue weighted by atomic mass is 16.5. The zero-order valence-electron chi connectivity index (χ0n) is 16.9. The molecule has 2 aromatic rings. The molecule has 0 saturated carbocycles. The van der Waals surface area contributed by atoms with Gasteiger partial charge in [0.25, 0.3) is 0 Å². The van der Waals surface area contributed by atoms with Gasteiger partial charge in [-0.2, -0.15) is 0 Å². The summed E-state index contributed by atoms with van der Waals surface area (Å²) >= 11 is 0.